The van der Waals surface area contributed by atoms with Gasteiger partial charge in [0.2, 0.25) is 10.0 Å². The second kappa shape index (κ2) is 7.24. The molecule has 0 aliphatic carbocycles. The summed E-state index contributed by atoms with van der Waals surface area (Å²) in [5.74, 6) is 0.583. The van der Waals surface area contributed by atoms with Crippen molar-refractivity contribution in [2.24, 2.45) is 0 Å². The fraction of sp³-hybridized carbons (Fsp3) is 0.286. The monoisotopic (exact) mass is 441 g/mol. The first-order chi connectivity index (χ1) is 14.9. The first-order valence-corrected chi connectivity index (χ1v) is 11.3. The van der Waals surface area contributed by atoms with Gasteiger partial charge in [-0.25, -0.2) is 22.8 Å². The number of benzene rings is 1. The Balaban J connectivity index is 1.56. The minimum Gasteiger partial charge on any atom is -0.360 e. The molecule has 0 unspecified atom stereocenters. The fourth-order valence-electron chi connectivity index (χ4n) is 4.19. The lowest BCUT2D eigenvalue weighted by Gasteiger charge is -2.18. The zero-order chi connectivity index (χ0) is 21.8. The molecule has 1 atom stereocenters. The molecule has 0 bridgehead atoms. The van der Waals surface area contributed by atoms with Crippen LogP contribution in [0.5, 0.6) is 0 Å². The largest absolute Gasteiger partial charge is 0.360 e. The third kappa shape index (κ3) is 3.22. The summed E-state index contributed by atoms with van der Waals surface area (Å²) in [6.45, 7) is 3.84. The molecule has 10 heteroatoms. The van der Waals surface area contributed by atoms with Gasteiger partial charge in [0.05, 0.1) is 6.04 Å². The predicted octanol–water partition coefficient (Wildman–Crippen LogP) is 3.48. The molecule has 1 fully saturated rings. The van der Waals surface area contributed by atoms with E-state index >= 15 is 0 Å². The zero-order valence-electron chi connectivity index (χ0n) is 17.0. The van der Waals surface area contributed by atoms with Crippen LogP contribution in [0.4, 0.5) is 4.39 Å². The number of pyridine rings is 1. The van der Waals surface area contributed by atoms with Crippen LogP contribution in [0.25, 0.3) is 22.6 Å². The standard InChI is InChI=1S/C21H20FN5O3S/c1-13-19(14(2)30-25-13)31(28,29)26-11-9-17(12-26)27-20(15-5-7-16(22)8-6-15)24-18-4-3-10-23-21(18)27/h3-8,10,17H,9,11-12H2,1-2H3/t17-/m1/s1. The molecular formula is C21H20FN5O3S. The van der Waals surface area contributed by atoms with E-state index in [9.17, 15) is 12.8 Å². The van der Waals surface area contributed by atoms with E-state index in [4.69, 9.17) is 9.51 Å². The number of aromatic nitrogens is 4. The van der Waals surface area contributed by atoms with Gasteiger partial charge in [0, 0.05) is 24.8 Å². The van der Waals surface area contributed by atoms with Crippen LogP contribution in [0.2, 0.25) is 0 Å². The van der Waals surface area contributed by atoms with Crippen molar-refractivity contribution in [1.82, 2.24) is 24.0 Å². The summed E-state index contributed by atoms with van der Waals surface area (Å²) in [6.07, 6.45) is 2.28. The molecule has 0 spiro atoms. The molecule has 1 saturated heterocycles. The van der Waals surface area contributed by atoms with E-state index in [1.54, 1.807) is 38.2 Å². The summed E-state index contributed by atoms with van der Waals surface area (Å²) in [6, 6.07) is 9.59. The van der Waals surface area contributed by atoms with Crippen LogP contribution >= 0.6 is 0 Å². The van der Waals surface area contributed by atoms with Gasteiger partial charge in [-0.15, -0.1) is 0 Å². The highest BCUT2D eigenvalue weighted by atomic mass is 32.2. The summed E-state index contributed by atoms with van der Waals surface area (Å²) in [5.41, 5.74) is 2.46. The van der Waals surface area contributed by atoms with Crippen molar-refractivity contribution in [1.29, 1.82) is 0 Å². The van der Waals surface area contributed by atoms with E-state index in [2.05, 4.69) is 10.1 Å². The van der Waals surface area contributed by atoms with Crippen LogP contribution in [0.3, 0.4) is 0 Å². The smallest absolute Gasteiger partial charge is 0.248 e. The maximum absolute atomic E-state index is 13.5. The van der Waals surface area contributed by atoms with E-state index in [-0.39, 0.29) is 29.1 Å². The molecule has 0 saturated carbocycles. The lowest BCUT2D eigenvalue weighted by molar-refractivity contribution is 0.389. The Kier molecular flexibility index (Phi) is 4.63. The maximum atomic E-state index is 13.5. The van der Waals surface area contributed by atoms with Crippen molar-refractivity contribution >= 4 is 21.2 Å². The molecule has 160 valence electrons. The Hall–Kier alpha value is -3.11. The first-order valence-electron chi connectivity index (χ1n) is 9.88. The highest BCUT2D eigenvalue weighted by Gasteiger charge is 2.38. The van der Waals surface area contributed by atoms with Crippen molar-refractivity contribution in [3.05, 3.63) is 59.9 Å². The van der Waals surface area contributed by atoms with Crippen molar-refractivity contribution in [3.63, 3.8) is 0 Å². The number of rotatable bonds is 4. The quantitative estimate of drug-likeness (QED) is 0.481. The van der Waals surface area contributed by atoms with E-state index in [0.717, 1.165) is 5.56 Å². The third-order valence-corrected chi connectivity index (χ3v) is 7.72. The van der Waals surface area contributed by atoms with E-state index < -0.39 is 10.0 Å². The summed E-state index contributed by atoms with van der Waals surface area (Å²) in [4.78, 5) is 9.32. The van der Waals surface area contributed by atoms with Crippen molar-refractivity contribution in [3.8, 4) is 11.4 Å². The molecule has 1 aromatic carbocycles. The van der Waals surface area contributed by atoms with E-state index in [0.29, 0.717) is 35.6 Å². The van der Waals surface area contributed by atoms with Gasteiger partial charge in [0.1, 0.15) is 27.7 Å². The van der Waals surface area contributed by atoms with Crippen molar-refractivity contribution in [2.75, 3.05) is 13.1 Å². The average Bonchev–Trinajstić information content (AvgIpc) is 3.45. The molecule has 1 aliphatic rings. The number of halogens is 1. The van der Waals surface area contributed by atoms with Crippen LogP contribution in [0, 0.1) is 19.7 Å². The number of hydrogen-bond acceptors (Lipinski definition) is 6. The molecule has 8 nitrogen and oxygen atoms in total. The molecule has 3 aromatic heterocycles. The highest BCUT2D eigenvalue weighted by Crippen LogP contribution is 2.35. The Labute approximate surface area is 178 Å². The van der Waals surface area contributed by atoms with Gasteiger partial charge in [-0.1, -0.05) is 5.16 Å². The van der Waals surface area contributed by atoms with Gasteiger partial charge in [0.15, 0.2) is 11.4 Å². The van der Waals surface area contributed by atoms with Gasteiger partial charge in [-0.3, -0.25) is 0 Å². The summed E-state index contributed by atoms with van der Waals surface area (Å²) >= 11 is 0. The molecular weight excluding hydrogens is 421 g/mol. The molecule has 4 aromatic rings. The zero-order valence-corrected chi connectivity index (χ0v) is 17.8. The third-order valence-electron chi connectivity index (χ3n) is 5.61. The summed E-state index contributed by atoms with van der Waals surface area (Å²) in [7, 11) is -3.74. The minimum atomic E-state index is -3.74. The van der Waals surface area contributed by atoms with Gasteiger partial charge in [-0.05, 0) is 56.7 Å². The number of sulfonamides is 1. The average molecular weight is 441 g/mol. The number of fused-ring (bicyclic) bond motifs is 1. The van der Waals surface area contributed by atoms with Crippen LogP contribution in [0.1, 0.15) is 23.9 Å². The lowest BCUT2D eigenvalue weighted by Crippen LogP contribution is -2.30. The predicted molar refractivity (Wildman–Crippen MR) is 111 cm³/mol. The van der Waals surface area contributed by atoms with Gasteiger partial charge in [-0.2, -0.15) is 4.31 Å². The molecule has 0 amide bonds. The van der Waals surface area contributed by atoms with Gasteiger partial charge in [0.25, 0.3) is 0 Å². The second-order valence-electron chi connectivity index (χ2n) is 7.62. The number of imidazole rings is 1. The Morgan fingerprint density at radius 2 is 1.94 bits per heavy atom. The Morgan fingerprint density at radius 3 is 2.65 bits per heavy atom. The molecule has 31 heavy (non-hydrogen) atoms. The van der Waals surface area contributed by atoms with Gasteiger partial charge < -0.3 is 9.09 Å². The first kappa shape index (κ1) is 19.8. The van der Waals surface area contributed by atoms with E-state index in [1.807, 2.05) is 10.6 Å². The molecule has 5 rings (SSSR count). The Morgan fingerprint density at radius 1 is 1.16 bits per heavy atom. The number of nitrogens with zero attached hydrogens (tertiary/aromatic N) is 5. The summed E-state index contributed by atoms with van der Waals surface area (Å²) in [5, 5.41) is 3.79. The minimum absolute atomic E-state index is 0.125. The highest BCUT2D eigenvalue weighted by molar-refractivity contribution is 7.89. The topological polar surface area (TPSA) is 94.1 Å². The van der Waals surface area contributed by atoms with Gasteiger partial charge >= 0.3 is 0 Å². The fourth-order valence-corrected chi connectivity index (χ4v) is 5.97. The molecule has 0 radical (unpaired) electrons. The molecule has 0 N–H and O–H groups in total. The van der Waals surface area contributed by atoms with Crippen molar-refractivity contribution in [2.45, 2.75) is 31.2 Å². The van der Waals surface area contributed by atoms with E-state index in [1.165, 1.54) is 16.4 Å². The summed E-state index contributed by atoms with van der Waals surface area (Å²) < 4.78 is 48.5. The van der Waals surface area contributed by atoms with Crippen LogP contribution < -0.4 is 0 Å². The number of aryl methyl sites for hydroxylation is 2. The maximum Gasteiger partial charge on any atom is 0.248 e. The van der Waals surface area contributed by atoms with Crippen LogP contribution in [-0.2, 0) is 10.0 Å². The number of hydrogen-bond donors (Lipinski definition) is 0. The lowest BCUT2D eigenvalue weighted by atomic mass is 10.2. The van der Waals surface area contributed by atoms with Crippen LogP contribution in [-0.4, -0.2) is 45.5 Å². The normalized spacial score (nSPS) is 17.6. The second-order valence-corrected chi connectivity index (χ2v) is 9.49. The van der Waals surface area contributed by atoms with Crippen LogP contribution in [0.15, 0.2) is 52.0 Å². The molecule has 4 heterocycles. The van der Waals surface area contributed by atoms with Crippen molar-refractivity contribution < 1.29 is 17.3 Å². The molecule has 1 aliphatic heterocycles. The SMILES string of the molecule is Cc1noc(C)c1S(=O)(=O)N1CC[C@@H](n2c(-c3ccc(F)cc3)nc3cccnc32)C1. The Bertz CT molecular complexity index is 1360.